The van der Waals surface area contributed by atoms with Crippen molar-refractivity contribution in [3.05, 3.63) is 45.7 Å². The Labute approximate surface area is 165 Å². The highest BCUT2D eigenvalue weighted by atomic mass is 35.5. The zero-order valence-electron chi connectivity index (χ0n) is 15.1. The maximum Gasteiger partial charge on any atom is 0.341 e. The van der Waals surface area contributed by atoms with E-state index in [4.69, 9.17) is 16.3 Å². The Hall–Kier alpha value is -3.13. The smallest absolute Gasteiger partial charge is 0.341 e. The molecule has 28 heavy (non-hydrogen) atoms. The van der Waals surface area contributed by atoms with Gasteiger partial charge in [-0.25, -0.2) is 4.79 Å². The molecule has 1 aliphatic rings. The van der Waals surface area contributed by atoms with Gasteiger partial charge in [-0.05, 0) is 18.1 Å². The maximum absolute atomic E-state index is 12.3. The van der Waals surface area contributed by atoms with Crippen LogP contribution in [0.4, 0.5) is 0 Å². The molecule has 0 fully saturated rings. The molecule has 0 heterocycles. The minimum atomic E-state index is -0.880. The number of hydrogen-bond donors (Lipinski definition) is 2. The molecular weight excluding hydrogens is 392 g/mol. The molecule has 0 radical (unpaired) electrons. The Kier molecular flexibility index (Phi) is 6.58. The molecule has 0 unspecified atom stereocenters. The number of phenols is 2. The fourth-order valence-electron chi connectivity index (χ4n) is 2.69. The Morgan fingerprint density at radius 1 is 1.07 bits per heavy atom. The second kappa shape index (κ2) is 8.71. The normalized spacial score (nSPS) is 13.7. The van der Waals surface area contributed by atoms with Crippen LogP contribution < -0.4 is 0 Å². The summed E-state index contributed by atoms with van der Waals surface area (Å²) in [6, 6.07) is 0.900. The number of rotatable bonds is 7. The summed E-state index contributed by atoms with van der Waals surface area (Å²) in [5, 5.41) is 19.5. The number of methoxy groups -OCH3 is 2. The second-order valence-electron chi connectivity index (χ2n) is 5.90. The van der Waals surface area contributed by atoms with Crippen LogP contribution in [0, 0.1) is 0 Å². The number of ether oxygens (including phenoxy) is 2. The summed E-state index contributed by atoms with van der Waals surface area (Å²) in [4.78, 5) is 47.9. The number of aromatic hydroxyl groups is 2. The molecule has 0 atom stereocenters. The van der Waals surface area contributed by atoms with Gasteiger partial charge in [-0.1, -0.05) is 11.6 Å². The number of benzene rings is 1. The van der Waals surface area contributed by atoms with Crippen molar-refractivity contribution in [2.24, 2.45) is 0 Å². The van der Waals surface area contributed by atoms with Crippen LogP contribution in [0.1, 0.15) is 28.8 Å². The fraction of sp³-hybridized carbons (Fsp3) is 0.263. The molecule has 0 spiro atoms. The first-order valence-electron chi connectivity index (χ1n) is 8.07. The average Bonchev–Trinajstić information content (AvgIpc) is 2.65. The molecule has 0 saturated carbocycles. The Balaban J connectivity index is 2.17. The lowest BCUT2D eigenvalue weighted by molar-refractivity contribution is -0.120. The van der Waals surface area contributed by atoms with Gasteiger partial charge in [0.05, 0.1) is 19.2 Å². The van der Waals surface area contributed by atoms with Gasteiger partial charge < -0.3 is 19.7 Å². The van der Waals surface area contributed by atoms with Crippen molar-refractivity contribution in [3.63, 3.8) is 0 Å². The molecule has 1 aromatic carbocycles. The van der Waals surface area contributed by atoms with Gasteiger partial charge in [0.25, 0.3) is 0 Å². The summed E-state index contributed by atoms with van der Waals surface area (Å²) in [6.07, 6.45) is 1.51. The molecule has 0 amide bonds. The molecule has 9 heteroatoms. The summed E-state index contributed by atoms with van der Waals surface area (Å²) in [7, 11) is 2.37. The third-order valence-corrected chi connectivity index (χ3v) is 4.52. The lowest BCUT2D eigenvalue weighted by Gasteiger charge is -2.14. The lowest BCUT2D eigenvalue weighted by Crippen LogP contribution is -2.17. The van der Waals surface area contributed by atoms with E-state index in [-0.39, 0.29) is 46.7 Å². The Morgan fingerprint density at radius 2 is 1.75 bits per heavy atom. The van der Waals surface area contributed by atoms with E-state index in [2.05, 4.69) is 4.74 Å². The molecule has 1 aromatic rings. The number of phenolic OH excluding ortho intramolecular Hbond substituents is 2. The number of carbonyl (C=O) groups is 4. The molecule has 0 aromatic heterocycles. The van der Waals surface area contributed by atoms with Crippen molar-refractivity contribution >= 4 is 34.9 Å². The number of Topliss-reactive ketones (excluding diaryl/α,β-unsaturated/α-hetero) is 1. The first kappa shape index (κ1) is 21.2. The largest absolute Gasteiger partial charge is 0.507 e. The predicted molar refractivity (Wildman–Crippen MR) is 97.3 cm³/mol. The molecule has 148 valence electrons. The van der Waals surface area contributed by atoms with Crippen molar-refractivity contribution in [1.82, 2.24) is 0 Å². The fourth-order valence-corrected chi connectivity index (χ4v) is 2.94. The van der Waals surface area contributed by atoms with Gasteiger partial charge in [-0.15, -0.1) is 0 Å². The van der Waals surface area contributed by atoms with Crippen molar-refractivity contribution in [3.8, 4) is 11.5 Å². The number of esters is 1. The van der Waals surface area contributed by atoms with Crippen LogP contribution in [0.3, 0.4) is 0 Å². The topological polar surface area (TPSA) is 127 Å². The van der Waals surface area contributed by atoms with Crippen molar-refractivity contribution < 1.29 is 38.9 Å². The third kappa shape index (κ3) is 4.40. The zero-order chi connectivity index (χ0) is 21.0. The quantitative estimate of drug-likeness (QED) is 0.518. The summed E-state index contributed by atoms with van der Waals surface area (Å²) in [5.74, 6) is -3.41. The van der Waals surface area contributed by atoms with E-state index in [0.29, 0.717) is 0 Å². The van der Waals surface area contributed by atoms with Gasteiger partial charge in [-0.3, -0.25) is 14.4 Å². The summed E-state index contributed by atoms with van der Waals surface area (Å²) in [5.41, 5.74) is -0.191. The van der Waals surface area contributed by atoms with E-state index in [1.165, 1.54) is 7.11 Å². The van der Waals surface area contributed by atoms with Crippen LogP contribution in [0.2, 0.25) is 5.02 Å². The summed E-state index contributed by atoms with van der Waals surface area (Å²) >= 11 is 6.01. The minimum absolute atomic E-state index is 0.0221. The van der Waals surface area contributed by atoms with E-state index >= 15 is 0 Å². The van der Waals surface area contributed by atoms with E-state index < -0.39 is 34.8 Å². The molecule has 0 bridgehead atoms. The van der Waals surface area contributed by atoms with Crippen LogP contribution in [-0.2, 0) is 30.3 Å². The van der Waals surface area contributed by atoms with Crippen LogP contribution in [0.5, 0.6) is 11.5 Å². The minimum Gasteiger partial charge on any atom is -0.507 e. The summed E-state index contributed by atoms with van der Waals surface area (Å²) in [6.45, 7) is 0. The third-order valence-electron chi connectivity index (χ3n) is 4.10. The Bertz CT molecular complexity index is 926. The van der Waals surface area contributed by atoms with Gasteiger partial charge in [0, 0.05) is 30.6 Å². The van der Waals surface area contributed by atoms with Crippen LogP contribution in [0.25, 0.3) is 0 Å². The maximum atomic E-state index is 12.3. The van der Waals surface area contributed by atoms with E-state index in [9.17, 15) is 29.4 Å². The van der Waals surface area contributed by atoms with Gasteiger partial charge in [0.2, 0.25) is 5.78 Å². The van der Waals surface area contributed by atoms with Gasteiger partial charge in [-0.2, -0.15) is 0 Å². The van der Waals surface area contributed by atoms with Gasteiger partial charge >= 0.3 is 5.97 Å². The lowest BCUT2D eigenvalue weighted by atomic mass is 9.94. The number of hydrogen-bond acceptors (Lipinski definition) is 8. The van der Waals surface area contributed by atoms with Crippen LogP contribution in [-0.4, -0.2) is 47.8 Å². The van der Waals surface area contributed by atoms with Crippen LogP contribution in [0.15, 0.2) is 29.6 Å². The molecular formula is C19H17ClO8. The predicted octanol–water partition coefficient (Wildman–Crippen LogP) is 2.04. The zero-order valence-corrected chi connectivity index (χ0v) is 15.8. The van der Waals surface area contributed by atoms with Crippen molar-refractivity contribution in [1.29, 1.82) is 0 Å². The van der Waals surface area contributed by atoms with E-state index in [1.807, 2.05) is 0 Å². The monoisotopic (exact) mass is 408 g/mol. The molecule has 0 saturated heterocycles. The number of allylic oxidation sites excluding steroid dienone is 3. The summed E-state index contributed by atoms with van der Waals surface area (Å²) < 4.78 is 9.36. The number of halogens is 1. The average molecular weight is 409 g/mol. The standard InChI is InChI=1S/C19H17ClO8/c1-27-16-8-12(22)9(6-13(16)23)5-10(21)3-4-11-17(19(26)28-2)14(24)7-15(25)18(11)20/h6-8,24-25H,3-5H2,1-2H3. The number of ketones is 3. The van der Waals surface area contributed by atoms with E-state index in [1.54, 1.807) is 0 Å². The molecule has 2 N–H and O–H groups in total. The Morgan fingerprint density at radius 3 is 2.36 bits per heavy atom. The van der Waals surface area contributed by atoms with E-state index in [0.717, 1.165) is 25.3 Å². The molecule has 1 aliphatic carbocycles. The molecule has 0 aliphatic heterocycles. The molecule has 2 rings (SSSR count). The molecule has 8 nitrogen and oxygen atoms in total. The highest BCUT2D eigenvalue weighted by molar-refractivity contribution is 6.33. The van der Waals surface area contributed by atoms with Gasteiger partial charge in [0.15, 0.2) is 11.5 Å². The SMILES string of the molecule is COC(=O)c1c(O)cc(O)c(Cl)c1CCC(=O)CC1=CC(=O)C(OC)=CC1=O. The highest BCUT2D eigenvalue weighted by Gasteiger charge is 2.25. The first-order valence-corrected chi connectivity index (χ1v) is 8.45. The first-order chi connectivity index (χ1) is 13.2. The number of carbonyl (C=O) groups excluding carboxylic acids is 4. The highest BCUT2D eigenvalue weighted by Crippen LogP contribution is 2.37. The van der Waals surface area contributed by atoms with Crippen LogP contribution >= 0.6 is 11.6 Å². The second-order valence-corrected chi connectivity index (χ2v) is 6.28. The van der Waals surface area contributed by atoms with Crippen molar-refractivity contribution in [2.45, 2.75) is 19.3 Å². The van der Waals surface area contributed by atoms with Gasteiger partial charge in [0.1, 0.15) is 22.8 Å². The van der Waals surface area contributed by atoms with Crippen molar-refractivity contribution in [2.75, 3.05) is 14.2 Å².